The Labute approximate surface area is 37.3 Å². The van der Waals surface area contributed by atoms with E-state index in [4.69, 9.17) is 13.0 Å². The van der Waals surface area contributed by atoms with Crippen LogP contribution in [0.2, 0.25) is 0 Å². The third-order valence-electron chi connectivity index (χ3n) is 0.498. The molecule has 5 heavy (non-hydrogen) atoms. The van der Waals surface area contributed by atoms with Crippen LogP contribution in [0.1, 0.15) is 1.37 Å². The molecule has 0 aromatic carbocycles. The van der Waals surface area contributed by atoms with Crippen molar-refractivity contribution < 1.29 is 6.11 Å². The van der Waals surface area contributed by atoms with Crippen LogP contribution in [0.5, 0.6) is 0 Å². The normalized spacial score (nSPS) is 51.8. The van der Waals surface area contributed by atoms with E-state index in [0.717, 1.165) is 0 Å². The van der Waals surface area contributed by atoms with E-state index in [0.29, 0.717) is 12.5 Å². The molecule has 1 heterocycles. The highest BCUT2D eigenvalue weighted by molar-refractivity contribution is 6.18. The largest absolute Gasteiger partial charge is 0.372 e. The maximum Gasteiger partial charge on any atom is 0.0944 e. The first kappa shape index (κ1) is 2.43. The van der Waals surface area contributed by atoms with E-state index in [-0.39, 0.29) is 0 Å². The van der Waals surface area contributed by atoms with Crippen LogP contribution >= 0.6 is 11.6 Å². The second-order valence-corrected chi connectivity index (χ2v) is 1.23. The van der Waals surface area contributed by atoms with Gasteiger partial charge >= 0.3 is 0 Å². The van der Waals surface area contributed by atoms with Crippen LogP contribution in [0.3, 0.4) is 0 Å². The van der Waals surface area contributed by atoms with Crippen molar-refractivity contribution >= 4 is 11.6 Å². The molecule has 1 saturated heterocycles. The van der Waals surface area contributed by atoms with Crippen LogP contribution in [0.25, 0.3) is 0 Å². The molecule has 1 fully saturated rings. The molecule has 0 N–H and O–H groups in total. The molecule has 2 heteroatoms. The Bertz CT molecular complexity index is 61.8. The van der Waals surface area contributed by atoms with Crippen LogP contribution < -0.4 is 0 Å². The molecular weight excluding hydrogens is 87.5 g/mol. The van der Waals surface area contributed by atoms with Gasteiger partial charge in [-0.15, -0.1) is 11.6 Å². The summed E-state index contributed by atoms with van der Waals surface area (Å²) in [7, 11) is 0. The highest BCUT2D eigenvalue weighted by Crippen LogP contribution is 2.08. The Morgan fingerprint density at radius 3 is 3.00 bits per heavy atom. The predicted molar refractivity (Wildman–Crippen MR) is 20.5 cm³/mol. The lowest BCUT2D eigenvalue weighted by atomic mass is 10.6. The van der Waals surface area contributed by atoms with E-state index in [1.165, 1.54) is 0 Å². The molecule has 0 bridgehead atoms. The maximum atomic E-state index is 6.94. The van der Waals surface area contributed by atoms with Gasteiger partial charge in [0, 0.05) is 0 Å². The molecule has 0 aliphatic carbocycles. The minimum atomic E-state index is -0.693. The summed E-state index contributed by atoms with van der Waals surface area (Å²) in [5.74, 6) is 0.299. The maximum absolute atomic E-state index is 6.94. The van der Waals surface area contributed by atoms with Crippen molar-refractivity contribution in [2.45, 2.75) is 6.08 Å². The Morgan fingerprint density at radius 2 is 3.00 bits per heavy atom. The summed E-state index contributed by atoms with van der Waals surface area (Å²) in [6.45, 7) is 0.510. The van der Waals surface area contributed by atoms with E-state index in [1.54, 1.807) is 0 Å². The van der Waals surface area contributed by atoms with Crippen LogP contribution in [0.15, 0.2) is 0 Å². The molecule has 0 amide bonds. The molecule has 1 aliphatic rings. The fraction of sp³-hybridized carbons (Fsp3) is 1.00. The topological polar surface area (TPSA) is 12.5 Å². The fourth-order valence-corrected chi connectivity index (χ4v) is 0.282. The van der Waals surface area contributed by atoms with Crippen LogP contribution in [0, 0.1) is 0 Å². The minimum absolute atomic E-state index is 0.299. The van der Waals surface area contributed by atoms with Crippen molar-refractivity contribution in [3.63, 3.8) is 0 Å². The zero-order valence-corrected chi connectivity index (χ0v) is 3.46. The van der Waals surface area contributed by atoms with Crippen LogP contribution in [-0.4, -0.2) is 18.6 Å². The third kappa shape index (κ3) is 0.781. The molecule has 0 saturated carbocycles. The van der Waals surface area contributed by atoms with Gasteiger partial charge in [-0.1, -0.05) is 0 Å². The zero-order chi connectivity index (χ0) is 4.62. The Kier molecular flexibility index (Phi) is 0.558. The highest BCUT2D eigenvalue weighted by Gasteiger charge is 2.19. The molecule has 1 nitrogen and oxygen atoms in total. The number of alkyl halides is 1. The van der Waals surface area contributed by atoms with E-state index in [2.05, 4.69) is 4.74 Å². The number of hydrogen-bond acceptors (Lipinski definition) is 1. The van der Waals surface area contributed by atoms with Crippen molar-refractivity contribution in [1.29, 1.82) is 0 Å². The zero-order valence-electron chi connectivity index (χ0n) is 3.70. The molecule has 1 unspecified atom stereocenters. The van der Waals surface area contributed by atoms with Gasteiger partial charge < -0.3 is 4.74 Å². The van der Waals surface area contributed by atoms with Crippen molar-refractivity contribution in [2.24, 2.45) is 0 Å². The number of rotatable bonds is 1. The van der Waals surface area contributed by atoms with Crippen molar-refractivity contribution in [1.82, 2.24) is 0 Å². The smallest absolute Gasteiger partial charge is 0.0944 e. The van der Waals surface area contributed by atoms with Gasteiger partial charge in [0.25, 0.3) is 0 Å². The lowest BCUT2D eigenvalue weighted by Crippen LogP contribution is -1.80. The number of ether oxygens (including phenoxy) is 1. The molecule has 1 aliphatic heterocycles. The predicted octanol–water partition coefficient (Wildman–Crippen LogP) is 0.624. The van der Waals surface area contributed by atoms with Crippen molar-refractivity contribution in [3.05, 3.63) is 0 Å². The molecule has 1 rings (SSSR count). The molecule has 0 aromatic heterocycles. The first-order valence-electron chi connectivity index (χ1n) is 1.97. The first-order valence-corrected chi connectivity index (χ1v) is 2.00. The first-order chi connectivity index (χ1) is 2.77. The fourth-order valence-electron chi connectivity index (χ4n) is 0.128. The van der Waals surface area contributed by atoms with Gasteiger partial charge in [0.05, 0.1) is 19.9 Å². The van der Waals surface area contributed by atoms with Gasteiger partial charge in [0.1, 0.15) is 0 Å². The average Bonchev–Trinajstić information content (AvgIpc) is 2.22. The van der Waals surface area contributed by atoms with Gasteiger partial charge in [-0.3, -0.25) is 0 Å². The van der Waals surface area contributed by atoms with E-state index >= 15 is 0 Å². The summed E-state index contributed by atoms with van der Waals surface area (Å²) in [6.07, 6.45) is -0.693. The molecule has 0 spiro atoms. The molecule has 0 aromatic rings. The third-order valence-corrected chi connectivity index (χ3v) is 0.796. The van der Waals surface area contributed by atoms with Gasteiger partial charge in [-0.2, -0.15) is 0 Å². The standard InChI is InChI=1S/C3H5ClO/c4-1-3-2-5-3/h3H,1-2H2/i3D. The lowest BCUT2D eigenvalue weighted by Gasteiger charge is -1.67. The minimum Gasteiger partial charge on any atom is -0.372 e. The summed E-state index contributed by atoms with van der Waals surface area (Å²) in [6, 6.07) is 0. The average molecular weight is 93.5 g/mol. The van der Waals surface area contributed by atoms with Crippen LogP contribution in [0.4, 0.5) is 0 Å². The van der Waals surface area contributed by atoms with Crippen molar-refractivity contribution in [2.75, 3.05) is 12.5 Å². The monoisotopic (exact) mass is 93.0 g/mol. The van der Waals surface area contributed by atoms with E-state index in [1.807, 2.05) is 0 Å². The molecule has 1 atom stereocenters. The Balaban J connectivity index is 2.28. The number of epoxide rings is 1. The SMILES string of the molecule is [2H]C1(CCl)CO1. The van der Waals surface area contributed by atoms with Gasteiger partial charge in [0.15, 0.2) is 0 Å². The lowest BCUT2D eigenvalue weighted by molar-refractivity contribution is 0.425. The summed E-state index contributed by atoms with van der Waals surface area (Å²) in [5.41, 5.74) is 0. The summed E-state index contributed by atoms with van der Waals surface area (Å²) >= 11 is 5.23. The highest BCUT2D eigenvalue weighted by atomic mass is 35.5. The van der Waals surface area contributed by atoms with Crippen LogP contribution in [-0.2, 0) is 4.74 Å². The van der Waals surface area contributed by atoms with E-state index in [9.17, 15) is 0 Å². The number of halogens is 1. The van der Waals surface area contributed by atoms with Gasteiger partial charge in [0.2, 0.25) is 0 Å². The second-order valence-electron chi connectivity index (χ2n) is 0.961. The quantitative estimate of drug-likeness (QED) is 0.342. The molecule has 0 radical (unpaired) electrons. The van der Waals surface area contributed by atoms with E-state index < -0.39 is 6.08 Å². The Morgan fingerprint density at radius 1 is 2.40 bits per heavy atom. The van der Waals surface area contributed by atoms with Gasteiger partial charge in [-0.05, 0) is 0 Å². The summed E-state index contributed by atoms with van der Waals surface area (Å²) < 4.78 is 11.5. The second kappa shape index (κ2) is 1.15. The summed E-state index contributed by atoms with van der Waals surface area (Å²) in [4.78, 5) is 0. The molecule has 30 valence electrons. The summed E-state index contributed by atoms with van der Waals surface area (Å²) in [5, 5.41) is 0. The van der Waals surface area contributed by atoms with Gasteiger partial charge in [-0.25, -0.2) is 0 Å². The Hall–Kier alpha value is 0.250. The van der Waals surface area contributed by atoms with Crippen molar-refractivity contribution in [3.8, 4) is 0 Å². The number of hydrogen-bond donors (Lipinski definition) is 0. The molecular formula is C3H5ClO.